The van der Waals surface area contributed by atoms with Crippen molar-refractivity contribution in [2.24, 2.45) is 0 Å². The van der Waals surface area contributed by atoms with Gasteiger partial charge in [0.05, 0.1) is 5.75 Å². The number of halogens is 1. The monoisotopic (exact) mass is 260 g/mol. The van der Waals surface area contributed by atoms with Gasteiger partial charge in [-0.25, -0.2) is 8.42 Å². The van der Waals surface area contributed by atoms with Crippen molar-refractivity contribution in [3.8, 4) is 0 Å². The van der Waals surface area contributed by atoms with Crippen LogP contribution in [0.25, 0.3) is 0 Å². The molecule has 0 saturated carbocycles. The van der Waals surface area contributed by atoms with Crippen molar-refractivity contribution < 1.29 is 8.42 Å². The Morgan fingerprint density at radius 2 is 1.88 bits per heavy atom. The van der Waals surface area contributed by atoms with Gasteiger partial charge in [-0.1, -0.05) is 31.5 Å². The Labute approximate surface area is 103 Å². The van der Waals surface area contributed by atoms with E-state index in [1.54, 1.807) is 0 Å². The molecule has 16 heavy (non-hydrogen) atoms. The third kappa shape index (κ3) is 3.49. The highest BCUT2D eigenvalue weighted by molar-refractivity contribution is 7.89. The highest BCUT2D eigenvalue weighted by Gasteiger charge is 2.13. The minimum Gasteiger partial charge on any atom is -0.229 e. The minimum absolute atomic E-state index is 0.00996. The Morgan fingerprint density at radius 3 is 2.25 bits per heavy atom. The van der Waals surface area contributed by atoms with Crippen LogP contribution < -0.4 is 0 Å². The Kier molecular flexibility index (Phi) is 4.02. The zero-order valence-corrected chi connectivity index (χ0v) is 11.6. The van der Waals surface area contributed by atoms with Crippen LogP contribution in [0.1, 0.15) is 36.5 Å². The average molecular weight is 261 g/mol. The number of benzene rings is 1. The number of rotatable bonds is 3. The van der Waals surface area contributed by atoms with Gasteiger partial charge in [0.1, 0.15) is 0 Å². The molecule has 4 heteroatoms. The van der Waals surface area contributed by atoms with Gasteiger partial charge in [-0.3, -0.25) is 0 Å². The zero-order valence-electron chi connectivity index (χ0n) is 10.0. The summed E-state index contributed by atoms with van der Waals surface area (Å²) in [4.78, 5) is 0. The topological polar surface area (TPSA) is 34.1 Å². The van der Waals surface area contributed by atoms with E-state index in [0.29, 0.717) is 16.5 Å². The van der Waals surface area contributed by atoms with Crippen molar-refractivity contribution in [3.63, 3.8) is 0 Å². The summed E-state index contributed by atoms with van der Waals surface area (Å²) in [5.74, 6) is 0.402. The maximum absolute atomic E-state index is 11.3. The van der Waals surface area contributed by atoms with Gasteiger partial charge in [0, 0.05) is 11.3 Å². The van der Waals surface area contributed by atoms with E-state index >= 15 is 0 Å². The Morgan fingerprint density at radius 1 is 1.31 bits per heavy atom. The van der Waals surface area contributed by atoms with Crippen LogP contribution in [0, 0.1) is 6.92 Å². The summed E-state index contributed by atoms with van der Waals surface area (Å²) in [7, 11) is -3.04. The van der Waals surface area contributed by atoms with Crippen LogP contribution in [-0.2, 0) is 15.6 Å². The molecule has 0 N–H and O–H groups in total. The normalized spacial score (nSPS) is 12.1. The third-order valence-electron chi connectivity index (χ3n) is 2.51. The molecule has 0 spiro atoms. The first-order valence-corrected chi connectivity index (χ1v) is 7.61. The molecule has 0 radical (unpaired) electrons. The molecule has 0 aromatic heterocycles. The molecule has 0 atom stereocenters. The molecule has 0 aliphatic rings. The van der Waals surface area contributed by atoms with Gasteiger partial charge in [0.15, 0.2) is 9.84 Å². The number of hydrogen-bond acceptors (Lipinski definition) is 2. The van der Waals surface area contributed by atoms with Gasteiger partial charge in [-0.2, -0.15) is 0 Å². The fraction of sp³-hybridized carbons (Fsp3) is 0.500. The summed E-state index contributed by atoms with van der Waals surface area (Å²) in [6.45, 7) is 6.07. The highest BCUT2D eigenvalue weighted by atomic mass is 35.5. The van der Waals surface area contributed by atoms with Gasteiger partial charge < -0.3 is 0 Å². The second-order valence-corrected chi connectivity index (χ2v) is 7.07. The van der Waals surface area contributed by atoms with Crippen molar-refractivity contribution in [2.75, 3.05) is 6.26 Å². The molecule has 0 amide bonds. The second-order valence-electron chi connectivity index (χ2n) is 4.52. The van der Waals surface area contributed by atoms with E-state index in [2.05, 4.69) is 13.8 Å². The van der Waals surface area contributed by atoms with E-state index in [9.17, 15) is 8.42 Å². The van der Waals surface area contributed by atoms with Crippen LogP contribution in [0.5, 0.6) is 0 Å². The molecule has 0 fully saturated rings. The molecule has 0 aliphatic carbocycles. The van der Waals surface area contributed by atoms with Gasteiger partial charge in [0.25, 0.3) is 0 Å². The lowest BCUT2D eigenvalue weighted by molar-refractivity contribution is 0.601. The largest absolute Gasteiger partial charge is 0.229 e. The van der Waals surface area contributed by atoms with Crippen LogP contribution >= 0.6 is 11.6 Å². The van der Waals surface area contributed by atoms with E-state index in [1.807, 2.05) is 19.1 Å². The Hall–Kier alpha value is -0.540. The predicted octanol–water partition coefficient (Wildman–Crippen LogP) is 3.32. The van der Waals surface area contributed by atoms with Crippen LogP contribution in [0.3, 0.4) is 0 Å². The van der Waals surface area contributed by atoms with Crippen LogP contribution in [0.2, 0.25) is 5.02 Å². The molecular formula is C12H17ClO2S. The van der Waals surface area contributed by atoms with Crippen molar-refractivity contribution in [1.29, 1.82) is 0 Å². The van der Waals surface area contributed by atoms with Gasteiger partial charge in [-0.15, -0.1) is 0 Å². The molecule has 90 valence electrons. The predicted molar refractivity (Wildman–Crippen MR) is 68.8 cm³/mol. The maximum atomic E-state index is 11.3. The van der Waals surface area contributed by atoms with Crippen LogP contribution in [0.4, 0.5) is 0 Å². The van der Waals surface area contributed by atoms with E-state index in [-0.39, 0.29) is 5.75 Å². The Balaban J connectivity index is 3.23. The number of aryl methyl sites for hydroxylation is 1. The minimum atomic E-state index is -3.04. The molecule has 0 unspecified atom stereocenters. The lowest BCUT2D eigenvalue weighted by atomic mass is 9.98. The second kappa shape index (κ2) is 4.76. The quantitative estimate of drug-likeness (QED) is 0.836. The molecule has 0 bridgehead atoms. The van der Waals surface area contributed by atoms with Crippen LogP contribution in [-0.4, -0.2) is 14.7 Å². The summed E-state index contributed by atoms with van der Waals surface area (Å²) >= 11 is 6.12. The van der Waals surface area contributed by atoms with Crippen LogP contribution in [0.15, 0.2) is 12.1 Å². The lowest BCUT2D eigenvalue weighted by Crippen LogP contribution is -2.04. The molecule has 1 aromatic rings. The first-order chi connectivity index (χ1) is 7.20. The SMILES string of the molecule is Cc1cc(C(C)C)cc(Cl)c1CS(C)(=O)=O. The Bertz CT molecular complexity index is 467. The molecule has 0 aliphatic heterocycles. The van der Waals surface area contributed by atoms with Crippen molar-refractivity contribution in [3.05, 3.63) is 33.8 Å². The van der Waals surface area contributed by atoms with E-state index in [0.717, 1.165) is 11.1 Å². The molecule has 0 heterocycles. The lowest BCUT2D eigenvalue weighted by Gasteiger charge is -2.12. The molecular weight excluding hydrogens is 244 g/mol. The fourth-order valence-corrected chi connectivity index (χ4v) is 2.91. The third-order valence-corrected chi connectivity index (χ3v) is 3.66. The van der Waals surface area contributed by atoms with Crippen molar-refractivity contribution in [1.82, 2.24) is 0 Å². The maximum Gasteiger partial charge on any atom is 0.151 e. The van der Waals surface area contributed by atoms with E-state index < -0.39 is 9.84 Å². The number of sulfone groups is 1. The standard InChI is InChI=1S/C12H17ClO2S/c1-8(2)10-5-9(3)11(12(13)6-10)7-16(4,14)15/h5-6,8H,7H2,1-4H3. The first kappa shape index (κ1) is 13.5. The molecule has 0 saturated heterocycles. The van der Waals surface area contributed by atoms with Gasteiger partial charge >= 0.3 is 0 Å². The average Bonchev–Trinajstić information content (AvgIpc) is 2.09. The molecule has 2 nitrogen and oxygen atoms in total. The summed E-state index contributed by atoms with van der Waals surface area (Å²) < 4.78 is 22.5. The smallest absolute Gasteiger partial charge is 0.151 e. The summed E-state index contributed by atoms with van der Waals surface area (Å²) in [6, 6.07) is 3.87. The summed E-state index contributed by atoms with van der Waals surface area (Å²) in [5.41, 5.74) is 2.80. The van der Waals surface area contributed by atoms with Gasteiger partial charge in [-0.05, 0) is 35.6 Å². The van der Waals surface area contributed by atoms with E-state index in [1.165, 1.54) is 6.26 Å². The summed E-state index contributed by atoms with van der Waals surface area (Å²) in [5, 5.41) is 0.550. The highest BCUT2D eigenvalue weighted by Crippen LogP contribution is 2.27. The summed E-state index contributed by atoms with van der Waals surface area (Å²) in [6.07, 6.45) is 1.22. The van der Waals surface area contributed by atoms with Crippen molar-refractivity contribution in [2.45, 2.75) is 32.4 Å². The van der Waals surface area contributed by atoms with Crippen molar-refractivity contribution >= 4 is 21.4 Å². The fourth-order valence-electron chi connectivity index (χ4n) is 1.58. The van der Waals surface area contributed by atoms with E-state index in [4.69, 9.17) is 11.6 Å². The molecule has 1 aromatic carbocycles. The molecule has 1 rings (SSSR count). The first-order valence-electron chi connectivity index (χ1n) is 5.17. The zero-order chi connectivity index (χ0) is 12.5. The van der Waals surface area contributed by atoms with Gasteiger partial charge in [0.2, 0.25) is 0 Å². The number of hydrogen-bond donors (Lipinski definition) is 0.